The van der Waals surface area contributed by atoms with Crippen molar-refractivity contribution in [3.63, 3.8) is 0 Å². The van der Waals surface area contributed by atoms with E-state index in [1.54, 1.807) is 0 Å². The number of carbonyl (C=O) groups is 1. The van der Waals surface area contributed by atoms with E-state index < -0.39 is 0 Å². The molecule has 0 aromatic rings. The summed E-state index contributed by atoms with van der Waals surface area (Å²) in [6, 6.07) is 0. The van der Waals surface area contributed by atoms with Crippen molar-refractivity contribution in [2.24, 2.45) is 11.1 Å². The predicted octanol–water partition coefficient (Wildman–Crippen LogP) is 5.59. The largest absolute Gasteiger partial charge is 0.369 e. The molecule has 1 amide bonds. The van der Waals surface area contributed by atoms with Crippen LogP contribution in [0.2, 0.25) is 0 Å². The zero-order valence-corrected chi connectivity index (χ0v) is 14.2. The minimum Gasteiger partial charge on any atom is -0.369 e. The smallest absolute Gasteiger partial charge is 0.223 e. The zero-order valence-electron chi connectivity index (χ0n) is 14.2. The molecule has 0 rings (SSSR count). The van der Waals surface area contributed by atoms with Crippen molar-refractivity contribution >= 4 is 5.91 Å². The Hall–Kier alpha value is -0.530. The van der Waals surface area contributed by atoms with Gasteiger partial charge in [0.2, 0.25) is 5.91 Å². The quantitative estimate of drug-likeness (QED) is 0.415. The average Bonchev–Trinajstić information content (AvgIpc) is 2.42. The summed E-state index contributed by atoms with van der Waals surface area (Å²) in [5.74, 6) is -0.0958. The van der Waals surface area contributed by atoms with Crippen molar-refractivity contribution in [2.75, 3.05) is 0 Å². The Labute approximate surface area is 126 Å². The van der Waals surface area contributed by atoms with Crippen molar-refractivity contribution in [1.82, 2.24) is 0 Å². The fraction of sp³-hybridized carbons (Fsp3) is 0.944. The lowest BCUT2D eigenvalue weighted by molar-refractivity contribution is -0.127. The van der Waals surface area contributed by atoms with Crippen molar-refractivity contribution in [3.8, 4) is 0 Å². The summed E-state index contributed by atoms with van der Waals surface area (Å²) < 4.78 is 0. The van der Waals surface area contributed by atoms with Gasteiger partial charge >= 0.3 is 0 Å². The van der Waals surface area contributed by atoms with Gasteiger partial charge in [0.1, 0.15) is 0 Å². The molecule has 2 N–H and O–H groups in total. The summed E-state index contributed by atoms with van der Waals surface area (Å²) in [5, 5.41) is 0. The number of rotatable bonds is 14. The standard InChI is InChI=1S/C18H37NO/c1-4-6-8-10-12-14-16-18(3,17(19)20)15-13-11-9-7-5-2/h4-16H2,1-3H3,(H2,19,20). The fourth-order valence-corrected chi connectivity index (χ4v) is 2.79. The molecule has 0 spiro atoms. The van der Waals surface area contributed by atoms with Crippen LogP contribution in [-0.2, 0) is 4.79 Å². The average molecular weight is 283 g/mol. The van der Waals surface area contributed by atoms with Crippen LogP contribution in [0.4, 0.5) is 0 Å². The highest BCUT2D eigenvalue weighted by molar-refractivity contribution is 5.80. The Bertz CT molecular complexity index is 240. The molecule has 0 aromatic heterocycles. The maximum absolute atomic E-state index is 11.7. The lowest BCUT2D eigenvalue weighted by Crippen LogP contribution is -2.34. The third-order valence-electron chi connectivity index (χ3n) is 4.51. The van der Waals surface area contributed by atoms with Gasteiger partial charge in [-0.2, -0.15) is 0 Å². The van der Waals surface area contributed by atoms with Crippen LogP contribution >= 0.6 is 0 Å². The van der Waals surface area contributed by atoms with E-state index in [0.717, 1.165) is 25.7 Å². The molecule has 0 aliphatic rings. The number of primary amides is 1. The third kappa shape index (κ3) is 9.39. The normalized spacial score (nSPS) is 14.2. The minimum absolute atomic E-state index is 0.0958. The van der Waals surface area contributed by atoms with Gasteiger partial charge in [-0.1, -0.05) is 91.4 Å². The highest BCUT2D eigenvalue weighted by Gasteiger charge is 2.29. The Morgan fingerprint density at radius 1 is 0.750 bits per heavy atom. The molecule has 0 saturated heterocycles. The first-order valence-electron chi connectivity index (χ1n) is 8.86. The summed E-state index contributed by atoms with van der Waals surface area (Å²) in [6.45, 7) is 6.54. The Balaban J connectivity index is 3.84. The SMILES string of the molecule is CCCCCCCCC(C)(CCCCCCC)C(N)=O. The van der Waals surface area contributed by atoms with E-state index in [9.17, 15) is 4.79 Å². The van der Waals surface area contributed by atoms with Gasteiger partial charge in [-0.05, 0) is 12.8 Å². The Kier molecular flexibility index (Phi) is 11.9. The monoisotopic (exact) mass is 283 g/mol. The molecular weight excluding hydrogens is 246 g/mol. The van der Waals surface area contributed by atoms with Crippen molar-refractivity contribution < 1.29 is 4.79 Å². The van der Waals surface area contributed by atoms with Crippen LogP contribution in [0.25, 0.3) is 0 Å². The maximum atomic E-state index is 11.7. The van der Waals surface area contributed by atoms with Crippen molar-refractivity contribution in [3.05, 3.63) is 0 Å². The fourth-order valence-electron chi connectivity index (χ4n) is 2.79. The molecule has 0 aromatic carbocycles. The summed E-state index contributed by atoms with van der Waals surface area (Å²) >= 11 is 0. The zero-order chi connectivity index (χ0) is 15.3. The van der Waals surface area contributed by atoms with Crippen LogP contribution in [0.1, 0.15) is 104 Å². The number of hydrogen-bond acceptors (Lipinski definition) is 1. The van der Waals surface area contributed by atoms with Gasteiger partial charge in [-0.25, -0.2) is 0 Å². The van der Waals surface area contributed by atoms with Crippen LogP contribution in [0.15, 0.2) is 0 Å². The van der Waals surface area contributed by atoms with E-state index in [1.807, 2.05) is 0 Å². The first kappa shape index (κ1) is 19.5. The molecule has 20 heavy (non-hydrogen) atoms. The number of nitrogens with two attached hydrogens (primary N) is 1. The van der Waals surface area contributed by atoms with Crippen LogP contribution in [0.3, 0.4) is 0 Å². The number of unbranched alkanes of at least 4 members (excludes halogenated alkanes) is 9. The molecule has 0 radical (unpaired) electrons. The van der Waals surface area contributed by atoms with Gasteiger partial charge in [0.05, 0.1) is 0 Å². The van der Waals surface area contributed by atoms with Crippen molar-refractivity contribution in [2.45, 2.75) is 104 Å². The first-order valence-corrected chi connectivity index (χ1v) is 8.86. The lowest BCUT2D eigenvalue weighted by atomic mass is 9.79. The topological polar surface area (TPSA) is 43.1 Å². The van der Waals surface area contributed by atoms with Gasteiger partial charge in [-0.3, -0.25) is 4.79 Å². The second-order valence-electron chi connectivity index (χ2n) is 6.61. The Morgan fingerprint density at radius 3 is 1.45 bits per heavy atom. The minimum atomic E-state index is -0.267. The van der Waals surface area contributed by atoms with Gasteiger partial charge < -0.3 is 5.73 Å². The van der Waals surface area contributed by atoms with E-state index in [4.69, 9.17) is 5.73 Å². The molecule has 0 saturated carbocycles. The van der Waals surface area contributed by atoms with Crippen LogP contribution in [0, 0.1) is 5.41 Å². The lowest BCUT2D eigenvalue weighted by Gasteiger charge is -2.26. The maximum Gasteiger partial charge on any atom is 0.223 e. The molecule has 0 aliphatic carbocycles. The molecule has 0 heterocycles. The van der Waals surface area contributed by atoms with Crippen LogP contribution < -0.4 is 5.73 Å². The molecule has 2 heteroatoms. The van der Waals surface area contributed by atoms with Gasteiger partial charge in [0.15, 0.2) is 0 Å². The molecule has 1 atom stereocenters. The number of hydrogen-bond donors (Lipinski definition) is 1. The van der Waals surface area contributed by atoms with E-state index in [1.165, 1.54) is 57.8 Å². The highest BCUT2D eigenvalue weighted by atomic mass is 16.1. The molecule has 0 fully saturated rings. The second kappa shape index (κ2) is 12.2. The Morgan fingerprint density at radius 2 is 1.10 bits per heavy atom. The second-order valence-corrected chi connectivity index (χ2v) is 6.61. The number of carbonyl (C=O) groups excluding carboxylic acids is 1. The summed E-state index contributed by atoms with van der Waals surface area (Å²) in [6.07, 6.45) is 15.9. The molecule has 0 bridgehead atoms. The van der Waals surface area contributed by atoms with E-state index in [-0.39, 0.29) is 11.3 Å². The number of amides is 1. The molecule has 0 aliphatic heterocycles. The summed E-state index contributed by atoms with van der Waals surface area (Å²) in [7, 11) is 0. The third-order valence-corrected chi connectivity index (χ3v) is 4.51. The van der Waals surface area contributed by atoms with E-state index in [0.29, 0.717) is 0 Å². The highest BCUT2D eigenvalue weighted by Crippen LogP contribution is 2.31. The molecular formula is C18H37NO. The predicted molar refractivity (Wildman–Crippen MR) is 88.7 cm³/mol. The van der Waals surface area contributed by atoms with Crippen LogP contribution in [0.5, 0.6) is 0 Å². The van der Waals surface area contributed by atoms with Crippen molar-refractivity contribution in [1.29, 1.82) is 0 Å². The van der Waals surface area contributed by atoms with Gasteiger partial charge in [-0.15, -0.1) is 0 Å². The molecule has 120 valence electrons. The van der Waals surface area contributed by atoms with Gasteiger partial charge in [0.25, 0.3) is 0 Å². The molecule has 2 nitrogen and oxygen atoms in total. The van der Waals surface area contributed by atoms with E-state index >= 15 is 0 Å². The molecule has 1 unspecified atom stereocenters. The van der Waals surface area contributed by atoms with Crippen LogP contribution in [-0.4, -0.2) is 5.91 Å². The van der Waals surface area contributed by atoms with Gasteiger partial charge in [0, 0.05) is 5.41 Å². The summed E-state index contributed by atoms with van der Waals surface area (Å²) in [5.41, 5.74) is 5.37. The van der Waals surface area contributed by atoms with E-state index in [2.05, 4.69) is 20.8 Å². The first-order chi connectivity index (χ1) is 9.56. The summed E-state index contributed by atoms with van der Waals surface area (Å²) in [4.78, 5) is 11.7.